The molecule has 1 fully saturated rings. The van der Waals surface area contributed by atoms with Crippen LogP contribution in [0.4, 0.5) is 10.5 Å². The standard InChI is InChI=1S/C34H40N2O4/c1-23(2)26-14-12-24(13-15-26)20-30(37)39-27-16-17-29-28(21-27)34(6)18-19-35(22-25-10-8-7-9-11-25)31(34)36(29)32(38)40-33(3,4)5/h7-17,21,23,31H,18-20,22H2,1-6H3/t31?,34-/m0/s1. The molecule has 2 heterocycles. The number of anilines is 1. The minimum Gasteiger partial charge on any atom is -0.443 e. The molecule has 0 radical (unpaired) electrons. The fourth-order valence-corrected chi connectivity index (χ4v) is 5.98. The summed E-state index contributed by atoms with van der Waals surface area (Å²) >= 11 is 0. The Morgan fingerprint density at radius 2 is 1.68 bits per heavy atom. The Hall–Kier alpha value is -3.64. The molecule has 0 aromatic heterocycles. The molecule has 40 heavy (non-hydrogen) atoms. The molecular weight excluding hydrogens is 500 g/mol. The maximum atomic E-state index is 13.6. The number of benzene rings is 3. The number of rotatable bonds is 6. The van der Waals surface area contributed by atoms with Crippen molar-refractivity contribution >= 4 is 17.7 Å². The van der Waals surface area contributed by atoms with E-state index in [1.54, 1.807) is 11.0 Å². The van der Waals surface area contributed by atoms with Gasteiger partial charge in [-0.1, -0.05) is 75.4 Å². The Morgan fingerprint density at radius 3 is 2.33 bits per heavy atom. The van der Waals surface area contributed by atoms with Crippen molar-refractivity contribution in [3.05, 3.63) is 95.1 Å². The molecule has 1 amide bonds. The zero-order chi connectivity index (χ0) is 28.7. The summed E-state index contributed by atoms with van der Waals surface area (Å²) in [7, 11) is 0. The molecule has 3 aromatic rings. The lowest BCUT2D eigenvalue weighted by molar-refractivity contribution is -0.133. The highest BCUT2D eigenvalue weighted by Gasteiger charge is 2.57. The quantitative estimate of drug-likeness (QED) is 0.244. The van der Waals surface area contributed by atoms with Gasteiger partial charge in [0.15, 0.2) is 0 Å². The van der Waals surface area contributed by atoms with Gasteiger partial charge in [0, 0.05) is 18.5 Å². The van der Waals surface area contributed by atoms with E-state index in [0.29, 0.717) is 11.7 Å². The van der Waals surface area contributed by atoms with Crippen LogP contribution in [0.5, 0.6) is 5.75 Å². The van der Waals surface area contributed by atoms with E-state index in [1.807, 2.05) is 63.2 Å². The average Bonchev–Trinajstić information content (AvgIpc) is 3.34. The summed E-state index contributed by atoms with van der Waals surface area (Å²) in [5, 5.41) is 0. The molecule has 0 saturated carbocycles. The number of hydrogen-bond acceptors (Lipinski definition) is 5. The van der Waals surface area contributed by atoms with Crippen molar-refractivity contribution in [1.29, 1.82) is 0 Å². The molecule has 6 heteroatoms. The third-order valence-electron chi connectivity index (χ3n) is 7.97. The summed E-state index contributed by atoms with van der Waals surface area (Å²) in [6.45, 7) is 13.7. The second-order valence-corrected chi connectivity index (χ2v) is 12.6. The van der Waals surface area contributed by atoms with Crippen molar-refractivity contribution in [2.45, 2.75) is 84.0 Å². The predicted octanol–water partition coefficient (Wildman–Crippen LogP) is 7.20. The highest BCUT2D eigenvalue weighted by Crippen LogP contribution is 2.53. The largest absolute Gasteiger partial charge is 0.443 e. The van der Waals surface area contributed by atoms with Gasteiger partial charge in [0.05, 0.1) is 12.1 Å². The van der Waals surface area contributed by atoms with Gasteiger partial charge in [-0.25, -0.2) is 4.79 Å². The average molecular weight is 541 g/mol. The Kier molecular flexibility index (Phi) is 7.49. The first-order chi connectivity index (χ1) is 18.9. The smallest absolute Gasteiger partial charge is 0.416 e. The Balaban J connectivity index is 1.41. The maximum Gasteiger partial charge on any atom is 0.416 e. The Morgan fingerprint density at radius 1 is 0.975 bits per heavy atom. The topological polar surface area (TPSA) is 59.1 Å². The van der Waals surface area contributed by atoms with Gasteiger partial charge in [-0.15, -0.1) is 0 Å². The molecular formula is C34H40N2O4. The number of hydrogen-bond donors (Lipinski definition) is 0. The fraction of sp³-hybridized carbons (Fsp3) is 0.412. The second-order valence-electron chi connectivity index (χ2n) is 12.6. The highest BCUT2D eigenvalue weighted by molar-refractivity contribution is 5.93. The van der Waals surface area contributed by atoms with Crippen molar-refractivity contribution in [3.63, 3.8) is 0 Å². The van der Waals surface area contributed by atoms with Crippen molar-refractivity contribution in [3.8, 4) is 5.75 Å². The molecule has 3 aromatic carbocycles. The lowest BCUT2D eigenvalue weighted by Crippen LogP contribution is -2.52. The molecule has 0 bridgehead atoms. The van der Waals surface area contributed by atoms with E-state index in [0.717, 1.165) is 36.3 Å². The van der Waals surface area contributed by atoms with Crippen LogP contribution < -0.4 is 9.64 Å². The lowest BCUT2D eigenvalue weighted by atomic mass is 9.81. The number of carbonyl (C=O) groups is 2. The number of likely N-dealkylation sites (tertiary alicyclic amines) is 1. The third-order valence-corrected chi connectivity index (χ3v) is 7.97. The first kappa shape index (κ1) is 27.9. The van der Waals surface area contributed by atoms with Crippen LogP contribution in [0.2, 0.25) is 0 Å². The summed E-state index contributed by atoms with van der Waals surface area (Å²) in [6.07, 6.45) is 0.501. The monoisotopic (exact) mass is 540 g/mol. The molecule has 0 N–H and O–H groups in total. The normalized spacial score (nSPS) is 20.4. The van der Waals surface area contributed by atoms with Gasteiger partial charge in [0.25, 0.3) is 0 Å². The molecule has 0 spiro atoms. The summed E-state index contributed by atoms with van der Waals surface area (Å²) in [4.78, 5) is 30.7. The summed E-state index contributed by atoms with van der Waals surface area (Å²) < 4.78 is 11.7. The number of nitrogens with zero attached hydrogens (tertiary/aromatic N) is 2. The van der Waals surface area contributed by atoms with Crippen LogP contribution in [0, 0.1) is 0 Å². The van der Waals surface area contributed by atoms with Crippen LogP contribution in [-0.2, 0) is 27.9 Å². The Labute approximate surface area is 237 Å². The molecule has 1 unspecified atom stereocenters. The van der Waals surface area contributed by atoms with Crippen LogP contribution in [0.25, 0.3) is 0 Å². The van der Waals surface area contributed by atoms with Crippen molar-refractivity contribution in [2.75, 3.05) is 11.4 Å². The van der Waals surface area contributed by atoms with Crippen LogP contribution in [0.1, 0.15) is 76.1 Å². The van der Waals surface area contributed by atoms with E-state index in [1.165, 1.54) is 11.1 Å². The van der Waals surface area contributed by atoms with Crippen LogP contribution in [-0.4, -0.2) is 35.3 Å². The molecule has 1 saturated heterocycles. The molecule has 2 atom stereocenters. The first-order valence-electron chi connectivity index (χ1n) is 14.2. The number of fused-ring (bicyclic) bond motifs is 3. The van der Waals surface area contributed by atoms with E-state index in [2.05, 4.69) is 49.9 Å². The summed E-state index contributed by atoms with van der Waals surface area (Å²) in [5.74, 6) is 0.630. The van der Waals surface area contributed by atoms with Gasteiger partial charge >= 0.3 is 12.1 Å². The van der Waals surface area contributed by atoms with E-state index in [9.17, 15) is 9.59 Å². The third kappa shape index (κ3) is 5.64. The van der Waals surface area contributed by atoms with Gasteiger partial charge < -0.3 is 9.47 Å². The molecule has 2 aliphatic heterocycles. The lowest BCUT2D eigenvalue weighted by Gasteiger charge is -2.36. The highest BCUT2D eigenvalue weighted by atomic mass is 16.6. The summed E-state index contributed by atoms with van der Waals surface area (Å²) in [6, 6.07) is 24.0. The minimum atomic E-state index is -0.623. The summed E-state index contributed by atoms with van der Waals surface area (Å²) in [5.41, 5.74) is 4.21. The number of ether oxygens (including phenoxy) is 2. The second kappa shape index (κ2) is 10.7. The van der Waals surface area contributed by atoms with Gasteiger partial charge in [0.1, 0.15) is 17.5 Å². The van der Waals surface area contributed by atoms with Crippen molar-refractivity contribution < 1.29 is 19.1 Å². The first-order valence-corrected chi connectivity index (χ1v) is 14.2. The SMILES string of the molecule is CC(C)c1ccc(CC(=O)Oc2ccc3c(c2)[C@]2(C)CCN(Cc4ccccc4)C2N3C(=O)OC(C)(C)C)cc1. The van der Waals surface area contributed by atoms with E-state index < -0.39 is 5.60 Å². The van der Waals surface area contributed by atoms with Gasteiger partial charge in [-0.2, -0.15) is 0 Å². The number of esters is 1. The van der Waals surface area contributed by atoms with E-state index in [4.69, 9.17) is 9.47 Å². The van der Waals surface area contributed by atoms with Crippen molar-refractivity contribution in [2.24, 2.45) is 0 Å². The Bertz CT molecular complexity index is 1380. The fourth-order valence-electron chi connectivity index (χ4n) is 5.98. The molecule has 6 nitrogen and oxygen atoms in total. The van der Waals surface area contributed by atoms with Gasteiger partial charge in [-0.05, 0) is 73.6 Å². The van der Waals surface area contributed by atoms with E-state index in [-0.39, 0.29) is 30.1 Å². The predicted molar refractivity (Wildman–Crippen MR) is 158 cm³/mol. The van der Waals surface area contributed by atoms with Gasteiger partial charge in [0.2, 0.25) is 0 Å². The maximum absolute atomic E-state index is 13.6. The van der Waals surface area contributed by atoms with E-state index >= 15 is 0 Å². The zero-order valence-electron chi connectivity index (χ0n) is 24.4. The van der Waals surface area contributed by atoms with Gasteiger partial charge in [-0.3, -0.25) is 14.6 Å². The zero-order valence-corrected chi connectivity index (χ0v) is 24.4. The number of carbonyl (C=O) groups excluding carboxylic acids is 2. The van der Waals surface area contributed by atoms with Crippen molar-refractivity contribution in [1.82, 2.24) is 4.90 Å². The van der Waals surface area contributed by atoms with Crippen LogP contribution >= 0.6 is 0 Å². The molecule has 2 aliphatic rings. The number of amides is 1. The minimum absolute atomic E-state index is 0.199. The van der Waals surface area contributed by atoms with Crippen LogP contribution in [0.3, 0.4) is 0 Å². The van der Waals surface area contributed by atoms with Crippen LogP contribution in [0.15, 0.2) is 72.8 Å². The molecule has 0 aliphatic carbocycles. The molecule has 210 valence electrons. The molecule has 5 rings (SSSR count).